The Morgan fingerprint density at radius 2 is 1.32 bits per heavy atom. The Hall–Kier alpha value is -3.19. The summed E-state index contributed by atoms with van der Waals surface area (Å²) >= 11 is 0. The maximum Gasteiger partial charge on any atom is 0.325 e. The smallest absolute Gasteiger partial charge is 0.325 e. The molecule has 0 aliphatic carbocycles. The molecule has 0 bridgehead atoms. The summed E-state index contributed by atoms with van der Waals surface area (Å²) < 4.78 is 31.7. The van der Waals surface area contributed by atoms with Crippen molar-refractivity contribution in [2.75, 3.05) is 13.1 Å². The van der Waals surface area contributed by atoms with E-state index in [2.05, 4.69) is 10.6 Å². The van der Waals surface area contributed by atoms with Crippen LogP contribution in [0.3, 0.4) is 0 Å². The highest BCUT2D eigenvalue weighted by molar-refractivity contribution is 7.85. The van der Waals surface area contributed by atoms with Gasteiger partial charge >= 0.3 is 11.9 Å². The van der Waals surface area contributed by atoms with E-state index in [0.29, 0.717) is 0 Å². The number of aryl methyl sites for hydroxylation is 1. The van der Waals surface area contributed by atoms with Gasteiger partial charge in [-0.05, 0) is 31.2 Å². The van der Waals surface area contributed by atoms with Gasteiger partial charge in [-0.15, -0.1) is 0 Å². The van der Waals surface area contributed by atoms with Crippen LogP contribution in [0, 0.1) is 6.92 Å². The molecule has 31 heavy (non-hydrogen) atoms. The van der Waals surface area contributed by atoms with Gasteiger partial charge in [0.25, 0.3) is 10.1 Å². The molecule has 2 aromatic carbocycles. The van der Waals surface area contributed by atoms with Crippen molar-refractivity contribution in [1.29, 1.82) is 0 Å². The highest BCUT2D eigenvalue weighted by Crippen LogP contribution is 2.28. The first-order valence-electron chi connectivity index (χ1n) is 8.94. The van der Waals surface area contributed by atoms with Gasteiger partial charge in [0.15, 0.2) is 0 Å². The van der Waals surface area contributed by atoms with E-state index in [1.54, 1.807) is 13.0 Å². The summed E-state index contributed by atoms with van der Waals surface area (Å²) in [5.41, 5.74) is 0.577. The molecule has 0 heterocycles. The fourth-order valence-electron chi connectivity index (χ4n) is 2.92. The summed E-state index contributed by atoms with van der Waals surface area (Å²) in [6, 6.07) is 4.37. The van der Waals surface area contributed by atoms with Gasteiger partial charge in [0, 0.05) is 24.2 Å². The number of aliphatic carboxylic acids is 2. The first-order valence-corrected chi connectivity index (χ1v) is 10.4. The van der Waals surface area contributed by atoms with E-state index in [4.69, 9.17) is 4.55 Å². The van der Waals surface area contributed by atoms with E-state index in [1.807, 2.05) is 0 Å². The van der Waals surface area contributed by atoms with Crippen molar-refractivity contribution in [2.45, 2.75) is 23.9 Å². The minimum atomic E-state index is -4.62. The van der Waals surface area contributed by atoms with Crippen LogP contribution in [0.25, 0.3) is 0 Å². The minimum Gasteiger partial charge on any atom is -0.508 e. The lowest BCUT2D eigenvalue weighted by Gasteiger charge is -2.19. The number of aromatic hydroxyl groups is 2. The molecule has 12 heteroatoms. The van der Waals surface area contributed by atoms with Gasteiger partial charge in [0.2, 0.25) is 0 Å². The van der Waals surface area contributed by atoms with Gasteiger partial charge < -0.3 is 20.4 Å². The predicted octanol–water partition coefficient (Wildman–Crippen LogP) is 0.784. The summed E-state index contributed by atoms with van der Waals surface area (Å²) in [7, 11) is -4.62. The highest BCUT2D eigenvalue weighted by atomic mass is 32.2. The number of carbonyl (C=O) groups is 2. The van der Waals surface area contributed by atoms with Crippen molar-refractivity contribution >= 4 is 22.1 Å². The molecule has 0 aliphatic heterocycles. The molecule has 0 fully saturated rings. The largest absolute Gasteiger partial charge is 0.508 e. The van der Waals surface area contributed by atoms with Crippen molar-refractivity contribution in [2.24, 2.45) is 0 Å². The first-order chi connectivity index (χ1) is 14.4. The Morgan fingerprint density at radius 1 is 0.871 bits per heavy atom. The number of phenols is 2. The quantitative estimate of drug-likeness (QED) is 0.198. The van der Waals surface area contributed by atoms with Crippen LogP contribution in [-0.2, 0) is 19.7 Å². The number of phenolic OH excluding ortho intramolecular Hbond substituents is 2. The number of nitrogens with one attached hydrogen (secondary N) is 2. The number of hydrogen-bond donors (Lipinski definition) is 7. The third-order valence-electron chi connectivity index (χ3n) is 4.42. The average Bonchev–Trinajstić information content (AvgIpc) is 2.66. The lowest BCUT2D eigenvalue weighted by atomic mass is 10.0. The zero-order chi connectivity index (χ0) is 23.3. The standard InChI is InChI=1S/C19H22N2O9S/c1-10-2-4-14(22)12(8-10)16(18(24)25)20-6-7-21-17(19(26)27)13-9-11(31(28,29)30)3-5-15(13)23/h2-5,8-9,16-17,20-23H,6-7H2,1H3,(H,24,25)(H,26,27)(H,28,29,30). The molecule has 168 valence electrons. The summed E-state index contributed by atoms with van der Waals surface area (Å²) in [6.07, 6.45) is 0. The molecule has 2 rings (SSSR count). The Balaban J connectivity index is 2.14. The van der Waals surface area contributed by atoms with Crippen LogP contribution in [0.4, 0.5) is 0 Å². The monoisotopic (exact) mass is 454 g/mol. The third-order valence-corrected chi connectivity index (χ3v) is 5.27. The zero-order valence-corrected chi connectivity index (χ0v) is 17.1. The van der Waals surface area contributed by atoms with Crippen LogP contribution in [-0.4, -0.2) is 58.4 Å². The lowest BCUT2D eigenvalue weighted by molar-refractivity contribution is -0.141. The predicted molar refractivity (Wildman–Crippen MR) is 108 cm³/mol. The van der Waals surface area contributed by atoms with E-state index >= 15 is 0 Å². The maximum absolute atomic E-state index is 11.6. The number of carboxylic acid groups (broad SMARTS) is 2. The summed E-state index contributed by atoms with van der Waals surface area (Å²) in [4.78, 5) is 22.6. The van der Waals surface area contributed by atoms with Gasteiger partial charge in [-0.3, -0.25) is 24.8 Å². The second kappa shape index (κ2) is 9.75. The molecule has 0 saturated carbocycles. The number of rotatable bonds is 10. The zero-order valence-electron chi connectivity index (χ0n) is 16.3. The van der Waals surface area contributed by atoms with E-state index in [0.717, 1.165) is 23.8 Å². The van der Waals surface area contributed by atoms with Crippen LogP contribution in [0.1, 0.15) is 28.8 Å². The third kappa shape index (κ3) is 6.15. The summed E-state index contributed by atoms with van der Waals surface area (Å²) in [5.74, 6) is -3.41. The van der Waals surface area contributed by atoms with Gasteiger partial charge in [0.05, 0.1) is 4.90 Å². The van der Waals surface area contributed by atoms with Gasteiger partial charge in [-0.2, -0.15) is 8.42 Å². The van der Waals surface area contributed by atoms with Crippen LogP contribution in [0.15, 0.2) is 41.3 Å². The molecule has 2 unspecified atom stereocenters. The molecule has 2 atom stereocenters. The summed E-state index contributed by atoms with van der Waals surface area (Å²) in [6.45, 7) is 1.59. The van der Waals surface area contributed by atoms with Gasteiger partial charge in [-0.1, -0.05) is 17.7 Å². The van der Waals surface area contributed by atoms with Crippen molar-refractivity contribution < 1.29 is 43.0 Å². The molecule has 0 spiro atoms. The molecule has 0 radical (unpaired) electrons. The number of benzene rings is 2. The lowest BCUT2D eigenvalue weighted by Crippen LogP contribution is -2.37. The van der Waals surface area contributed by atoms with Crippen molar-refractivity contribution in [3.63, 3.8) is 0 Å². The second-order valence-electron chi connectivity index (χ2n) is 6.71. The average molecular weight is 454 g/mol. The Labute approximate surface area is 177 Å². The van der Waals surface area contributed by atoms with Crippen molar-refractivity contribution in [3.05, 3.63) is 53.1 Å². The maximum atomic E-state index is 11.6. The first kappa shape index (κ1) is 24.1. The number of hydrogen-bond acceptors (Lipinski definition) is 8. The minimum absolute atomic E-state index is 0.0487. The molecule has 11 nitrogen and oxygen atoms in total. The molecular formula is C19H22N2O9S. The topological polar surface area (TPSA) is 193 Å². The SMILES string of the molecule is Cc1ccc(O)c(C(NCCNC(C(=O)O)c2cc(S(=O)(=O)O)ccc2O)C(=O)O)c1. The van der Waals surface area contributed by atoms with Gasteiger partial charge in [-0.25, -0.2) is 0 Å². The van der Waals surface area contributed by atoms with Crippen LogP contribution in [0.5, 0.6) is 11.5 Å². The molecular weight excluding hydrogens is 432 g/mol. The molecule has 2 aromatic rings. The normalized spacial score (nSPS) is 13.5. The molecule has 0 aliphatic rings. The van der Waals surface area contributed by atoms with E-state index in [-0.39, 0.29) is 30.0 Å². The van der Waals surface area contributed by atoms with Crippen molar-refractivity contribution in [3.8, 4) is 11.5 Å². The molecule has 0 amide bonds. The Morgan fingerprint density at radius 3 is 1.77 bits per heavy atom. The van der Waals surface area contributed by atoms with E-state index < -0.39 is 44.8 Å². The van der Waals surface area contributed by atoms with Crippen LogP contribution < -0.4 is 10.6 Å². The van der Waals surface area contributed by atoms with Crippen LogP contribution >= 0.6 is 0 Å². The fraction of sp³-hybridized carbons (Fsp3) is 0.263. The van der Waals surface area contributed by atoms with E-state index in [1.165, 1.54) is 12.1 Å². The molecule has 7 N–H and O–H groups in total. The van der Waals surface area contributed by atoms with Crippen molar-refractivity contribution in [1.82, 2.24) is 10.6 Å². The molecule has 0 aromatic heterocycles. The summed E-state index contributed by atoms with van der Waals surface area (Å²) in [5, 5.41) is 44.1. The Bertz CT molecular complexity index is 1090. The fourth-order valence-corrected chi connectivity index (χ4v) is 3.44. The number of carboxylic acids is 2. The van der Waals surface area contributed by atoms with E-state index in [9.17, 15) is 38.4 Å². The Kier molecular flexibility index (Phi) is 7.57. The highest BCUT2D eigenvalue weighted by Gasteiger charge is 2.26. The van der Waals surface area contributed by atoms with Crippen LogP contribution in [0.2, 0.25) is 0 Å². The second-order valence-corrected chi connectivity index (χ2v) is 8.13. The van der Waals surface area contributed by atoms with Gasteiger partial charge in [0.1, 0.15) is 23.6 Å². The molecule has 0 saturated heterocycles.